The Kier molecular flexibility index (Phi) is 5.08. The molecule has 0 fully saturated rings. The molecule has 29 heavy (non-hydrogen) atoms. The van der Waals surface area contributed by atoms with Gasteiger partial charge in [-0.05, 0) is 12.1 Å². The maximum absolute atomic E-state index is 11.8. The Labute approximate surface area is 168 Å². The smallest absolute Gasteiger partial charge is 0.316 e. The molecule has 0 saturated carbocycles. The minimum Gasteiger partial charge on any atom is -0.469 e. The van der Waals surface area contributed by atoms with E-state index >= 15 is 0 Å². The molecule has 1 aromatic carbocycles. The van der Waals surface area contributed by atoms with Crippen LogP contribution in [0.4, 0.5) is 0 Å². The van der Waals surface area contributed by atoms with Crippen LogP contribution in [-0.4, -0.2) is 66.5 Å². The lowest BCUT2D eigenvalue weighted by Gasteiger charge is -2.02. The van der Waals surface area contributed by atoms with E-state index < -0.39 is 5.97 Å². The van der Waals surface area contributed by atoms with Gasteiger partial charge in [-0.1, -0.05) is 30.0 Å². The molecule has 0 aliphatic heterocycles. The quantitative estimate of drug-likeness (QED) is 0.331. The predicted octanol–water partition coefficient (Wildman–Crippen LogP) is 0.839. The fourth-order valence-electron chi connectivity index (χ4n) is 2.65. The van der Waals surface area contributed by atoms with Crippen LogP contribution in [0.3, 0.4) is 0 Å². The molecule has 0 radical (unpaired) electrons. The molecular formula is C17H15N7O4S. The standard InChI is InChI=1S/C17H15N7O4S/c1-27-12(25)8-11-14-15(23(21-11)10-6-4-3-5-7-10)24-16(20-19-14)18-17(22-24)29-9-13(26)28-2/h3-7H,8-9H2,1-2H3. The van der Waals surface area contributed by atoms with Gasteiger partial charge in [0.2, 0.25) is 5.16 Å². The first-order valence-corrected chi connectivity index (χ1v) is 9.42. The van der Waals surface area contributed by atoms with Gasteiger partial charge in [-0.2, -0.15) is 14.6 Å². The van der Waals surface area contributed by atoms with Crippen LogP contribution in [0, 0.1) is 0 Å². The van der Waals surface area contributed by atoms with Gasteiger partial charge in [0.15, 0.2) is 11.2 Å². The molecule has 0 atom stereocenters. The SMILES string of the molecule is COC(=O)CSc1nc2nnc3c(CC(=O)OC)nn(-c4ccccc4)c3n2n1. The monoisotopic (exact) mass is 413 g/mol. The maximum Gasteiger partial charge on any atom is 0.316 e. The van der Waals surface area contributed by atoms with Crippen molar-refractivity contribution in [2.75, 3.05) is 20.0 Å². The van der Waals surface area contributed by atoms with E-state index in [1.807, 2.05) is 30.3 Å². The minimum absolute atomic E-state index is 0.0638. The number of methoxy groups -OCH3 is 2. The first-order chi connectivity index (χ1) is 14.1. The third kappa shape index (κ3) is 3.61. The number of fused-ring (bicyclic) bond motifs is 3. The second-order valence-electron chi connectivity index (χ2n) is 5.79. The van der Waals surface area contributed by atoms with Crippen LogP contribution < -0.4 is 0 Å². The van der Waals surface area contributed by atoms with Gasteiger partial charge < -0.3 is 9.47 Å². The molecule has 12 heteroatoms. The van der Waals surface area contributed by atoms with Gasteiger partial charge >= 0.3 is 11.9 Å². The molecule has 3 aromatic heterocycles. The van der Waals surface area contributed by atoms with E-state index in [1.165, 1.54) is 18.7 Å². The first-order valence-electron chi connectivity index (χ1n) is 8.43. The van der Waals surface area contributed by atoms with Crippen molar-refractivity contribution >= 4 is 40.6 Å². The second-order valence-corrected chi connectivity index (χ2v) is 6.73. The molecular weight excluding hydrogens is 398 g/mol. The third-order valence-corrected chi connectivity index (χ3v) is 4.82. The van der Waals surface area contributed by atoms with Crippen LogP contribution in [-0.2, 0) is 25.5 Å². The largest absolute Gasteiger partial charge is 0.469 e. The predicted molar refractivity (Wildman–Crippen MR) is 102 cm³/mol. The van der Waals surface area contributed by atoms with Crippen LogP contribution in [0.5, 0.6) is 0 Å². The molecule has 0 unspecified atom stereocenters. The lowest BCUT2D eigenvalue weighted by Crippen LogP contribution is -2.06. The van der Waals surface area contributed by atoms with E-state index in [-0.39, 0.29) is 23.9 Å². The first kappa shape index (κ1) is 18.8. The number of aromatic nitrogens is 7. The molecule has 148 valence electrons. The number of thioether (sulfide) groups is 1. The molecule has 0 amide bonds. The molecule has 0 aliphatic carbocycles. The average molecular weight is 413 g/mol. The lowest BCUT2D eigenvalue weighted by molar-refractivity contribution is -0.140. The molecule has 0 aliphatic rings. The van der Waals surface area contributed by atoms with Gasteiger partial charge in [-0.3, -0.25) is 9.59 Å². The summed E-state index contributed by atoms with van der Waals surface area (Å²) in [6.07, 6.45) is -0.0638. The Balaban J connectivity index is 1.88. The van der Waals surface area contributed by atoms with Crippen molar-refractivity contribution in [1.82, 2.24) is 34.6 Å². The Morgan fingerprint density at radius 3 is 2.52 bits per heavy atom. The minimum atomic E-state index is -0.445. The van der Waals surface area contributed by atoms with Gasteiger partial charge in [0.1, 0.15) is 5.69 Å². The number of benzene rings is 1. The zero-order valence-electron chi connectivity index (χ0n) is 15.5. The van der Waals surface area contributed by atoms with E-state index in [0.717, 1.165) is 17.4 Å². The van der Waals surface area contributed by atoms with Crippen molar-refractivity contribution in [3.05, 3.63) is 36.0 Å². The normalized spacial score (nSPS) is 11.1. The van der Waals surface area contributed by atoms with Crippen molar-refractivity contribution in [3.63, 3.8) is 0 Å². The molecule has 0 spiro atoms. The summed E-state index contributed by atoms with van der Waals surface area (Å²) in [4.78, 5) is 27.5. The fraction of sp³-hybridized carbons (Fsp3) is 0.235. The van der Waals surface area contributed by atoms with Gasteiger partial charge in [-0.15, -0.1) is 15.3 Å². The van der Waals surface area contributed by atoms with E-state index in [9.17, 15) is 9.59 Å². The second kappa shape index (κ2) is 7.83. The summed E-state index contributed by atoms with van der Waals surface area (Å²) in [6.45, 7) is 0. The summed E-state index contributed by atoms with van der Waals surface area (Å²) in [7, 11) is 2.63. The highest BCUT2D eigenvalue weighted by molar-refractivity contribution is 7.99. The zero-order chi connectivity index (χ0) is 20.4. The van der Waals surface area contributed by atoms with Crippen molar-refractivity contribution in [3.8, 4) is 5.69 Å². The van der Waals surface area contributed by atoms with Gasteiger partial charge in [0.05, 0.1) is 32.1 Å². The van der Waals surface area contributed by atoms with Crippen molar-refractivity contribution in [1.29, 1.82) is 0 Å². The lowest BCUT2D eigenvalue weighted by atomic mass is 10.3. The number of hydrogen-bond donors (Lipinski definition) is 0. The highest BCUT2D eigenvalue weighted by Gasteiger charge is 2.22. The summed E-state index contributed by atoms with van der Waals surface area (Å²) < 4.78 is 12.5. The summed E-state index contributed by atoms with van der Waals surface area (Å²) in [6, 6.07) is 9.35. The molecule has 0 saturated heterocycles. The van der Waals surface area contributed by atoms with Gasteiger partial charge in [0.25, 0.3) is 5.78 Å². The van der Waals surface area contributed by atoms with Crippen LogP contribution in [0.25, 0.3) is 22.6 Å². The molecule has 3 heterocycles. The van der Waals surface area contributed by atoms with Crippen molar-refractivity contribution < 1.29 is 19.1 Å². The Morgan fingerprint density at radius 1 is 1.03 bits per heavy atom. The van der Waals surface area contributed by atoms with E-state index in [1.54, 1.807) is 4.68 Å². The highest BCUT2D eigenvalue weighted by Crippen LogP contribution is 2.22. The summed E-state index contributed by atoms with van der Waals surface area (Å²) in [5, 5.41) is 17.6. The molecule has 4 rings (SSSR count). The fourth-order valence-corrected chi connectivity index (χ4v) is 3.30. The van der Waals surface area contributed by atoms with Crippen LogP contribution >= 0.6 is 11.8 Å². The number of hydrogen-bond acceptors (Lipinski definition) is 10. The van der Waals surface area contributed by atoms with Crippen LogP contribution in [0.2, 0.25) is 0 Å². The topological polar surface area (TPSA) is 126 Å². The number of esters is 2. The highest BCUT2D eigenvalue weighted by atomic mass is 32.2. The Hall–Kier alpha value is -3.54. The molecule has 11 nitrogen and oxygen atoms in total. The molecule has 0 N–H and O–H groups in total. The molecule has 4 aromatic rings. The van der Waals surface area contributed by atoms with E-state index in [0.29, 0.717) is 22.0 Å². The average Bonchev–Trinajstić information content (AvgIpc) is 3.33. The molecule has 0 bridgehead atoms. The number of para-hydroxylation sites is 1. The number of carbonyl (C=O) groups is 2. The van der Waals surface area contributed by atoms with Crippen LogP contribution in [0.1, 0.15) is 5.69 Å². The summed E-state index contributed by atoms with van der Waals surface area (Å²) in [5.41, 5.74) is 2.06. The Bertz CT molecular complexity index is 1200. The number of nitrogens with zero attached hydrogens (tertiary/aromatic N) is 7. The van der Waals surface area contributed by atoms with E-state index in [4.69, 9.17) is 4.74 Å². The van der Waals surface area contributed by atoms with Crippen LogP contribution in [0.15, 0.2) is 35.5 Å². The van der Waals surface area contributed by atoms with Crippen molar-refractivity contribution in [2.24, 2.45) is 0 Å². The maximum atomic E-state index is 11.8. The third-order valence-electron chi connectivity index (χ3n) is 4.00. The number of ether oxygens (including phenoxy) is 2. The van der Waals surface area contributed by atoms with Gasteiger partial charge in [0, 0.05) is 0 Å². The zero-order valence-corrected chi connectivity index (χ0v) is 16.3. The summed E-state index contributed by atoms with van der Waals surface area (Å²) in [5.74, 6) is -0.527. The van der Waals surface area contributed by atoms with E-state index in [2.05, 4.69) is 30.1 Å². The number of rotatable bonds is 6. The van der Waals surface area contributed by atoms with Gasteiger partial charge in [-0.25, -0.2) is 4.68 Å². The van der Waals surface area contributed by atoms with Crippen molar-refractivity contribution in [2.45, 2.75) is 11.6 Å². The summed E-state index contributed by atoms with van der Waals surface area (Å²) >= 11 is 1.12. The number of carbonyl (C=O) groups excluding carboxylic acids is 2. The Morgan fingerprint density at radius 2 is 1.79 bits per heavy atom.